The van der Waals surface area contributed by atoms with E-state index in [0.29, 0.717) is 19.6 Å². The van der Waals surface area contributed by atoms with Gasteiger partial charge in [0.1, 0.15) is 0 Å². The zero-order chi connectivity index (χ0) is 11.3. The highest BCUT2D eigenvalue weighted by atomic mass is 32.2. The first-order valence-electron chi connectivity index (χ1n) is 5.49. The van der Waals surface area contributed by atoms with Gasteiger partial charge in [0.15, 0.2) is 0 Å². The van der Waals surface area contributed by atoms with E-state index < -0.39 is 10.2 Å². The molecular weight excluding hydrogens is 216 g/mol. The zero-order valence-electron chi connectivity index (χ0n) is 9.22. The molecule has 0 aliphatic carbocycles. The molecule has 90 valence electrons. The Morgan fingerprint density at radius 2 is 1.87 bits per heavy atom. The summed E-state index contributed by atoms with van der Waals surface area (Å²) >= 11 is 0. The summed E-state index contributed by atoms with van der Waals surface area (Å²) in [6, 6.07) is 0. The molecule has 0 bridgehead atoms. The van der Waals surface area contributed by atoms with E-state index in [0.717, 1.165) is 19.3 Å². The van der Waals surface area contributed by atoms with Crippen LogP contribution in [0.5, 0.6) is 0 Å². The molecule has 0 aromatic heterocycles. The van der Waals surface area contributed by atoms with E-state index in [1.54, 1.807) is 6.92 Å². The average Bonchev–Trinajstić information content (AvgIpc) is 2.27. The lowest BCUT2D eigenvalue weighted by Crippen LogP contribution is -2.46. The highest BCUT2D eigenvalue weighted by Gasteiger charge is 2.28. The molecule has 0 radical (unpaired) electrons. The maximum Gasteiger partial charge on any atom is 0.282 e. The Morgan fingerprint density at radius 3 is 2.33 bits per heavy atom. The smallest absolute Gasteiger partial charge is 0.282 e. The van der Waals surface area contributed by atoms with Crippen LogP contribution >= 0.6 is 0 Å². The Bertz CT molecular complexity index is 262. The first-order valence-corrected chi connectivity index (χ1v) is 6.88. The van der Waals surface area contributed by atoms with Crippen LogP contribution in [-0.4, -0.2) is 54.9 Å². The quantitative estimate of drug-likeness (QED) is 0.732. The number of likely N-dealkylation sites (N-methyl/N-ethyl adjacent to an activating group) is 1. The van der Waals surface area contributed by atoms with Gasteiger partial charge in [0, 0.05) is 26.2 Å². The van der Waals surface area contributed by atoms with Crippen LogP contribution in [0.1, 0.15) is 26.2 Å². The van der Waals surface area contributed by atoms with E-state index in [4.69, 9.17) is 5.11 Å². The van der Waals surface area contributed by atoms with E-state index in [2.05, 4.69) is 0 Å². The van der Waals surface area contributed by atoms with E-state index in [9.17, 15) is 8.42 Å². The van der Waals surface area contributed by atoms with E-state index >= 15 is 0 Å². The summed E-state index contributed by atoms with van der Waals surface area (Å²) in [6.45, 7) is 3.50. The van der Waals surface area contributed by atoms with Crippen LogP contribution in [0.4, 0.5) is 0 Å². The van der Waals surface area contributed by atoms with E-state index in [1.807, 2.05) is 0 Å². The maximum absolute atomic E-state index is 12.0. The lowest BCUT2D eigenvalue weighted by molar-refractivity contribution is 0.242. The molecule has 1 rings (SSSR count). The molecule has 0 amide bonds. The topological polar surface area (TPSA) is 60.9 Å². The summed E-state index contributed by atoms with van der Waals surface area (Å²) in [6.07, 6.45) is 2.99. The third kappa shape index (κ3) is 3.14. The van der Waals surface area contributed by atoms with Gasteiger partial charge in [0.05, 0.1) is 6.61 Å². The van der Waals surface area contributed by atoms with Crippen molar-refractivity contribution in [3.63, 3.8) is 0 Å². The van der Waals surface area contributed by atoms with Crippen LogP contribution in [0, 0.1) is 0 Å². The minimum Gasteiger partial charge on any atom is -0.395 e. The minimum atomic E-state index is -3.33. The van der Waals surface area contributed by atoms with Crippen LogP contribution in [0.2, 0.25) is 0 Å². The third-order valence-electron chi connectivity index (χ3n) is 2.67. The first kappa shape index (κ1) is 12.9. The van der Waals surface area contributed by atoms with Crippen molar-refractivity contribution >= 4 is 10.2 Å². The fraction of sp³-hybridized carbons (Fsp3) is 1.00. The molecule has 15 heavy (non-hydrogen) atoms. The van der Waals surface area contributed by atoms with Crippen LogP contribution in [0.25, 0.3) is 0 Å². The lowest BCUT2D eigenvalue weighted by Gasteiger charge is -2.31. The number of aliphatic hydroxyl groups is 1. The molecule has 0 atom stereocenters. The van der Waals surface area contributed by atoms with E-state index in [1.165, 1.54) is 8.61 Å². The van der Waals surface area contributed by atoms with Gasteiger partial charge in [-0.05, 0) is 12.8 Å². The number of hydrogen-bond donors (Lipinski definition) is 1. The monoisotopic (exact) mass is 236 g/mol. The predicted octanol–water partition coefficient (Wildman–Crippen LogP) is 0.0313. The minimum absolute atomic E-state index is 0.124. The fourth-order valence-corrected chi connectivity index (χ4v) is 3.49. The predicted molar refractivity (Wildman–Crippen MR) is 58.7 cm³/mol. The summed E-state index contributed by atoms with van der Waals surface area (Å²) in [4.78, 5) is 0. The molecule has 1 aliphatic rings. The van der Waals surface area contributed by atoms with Crippen molar-refractivity contribution in [2.45, 2.75) is 26.2 Å². The summed E-state index contributed by atoms with van der Waals surface area (Å²) in [7, 11) is -3.33. The number of nitrogens with zero attached hydrogens (tertiary/aromatic N) is 2. The lowest BCUT2D eigenvalue weighted by atomic mass is 10.2. The van der Waals surface area contributed by atoms with Crippen LogP contribution in [0.15, 0.2) is 0 Å². The Labute approximate surface area is 91.9 Å². The fourth-order valence-electron chi connectivity index (χ4n) is 1.81. The molecule has 1 N–H and O–H groups in total. The zero-order valence-corrected chi connectivity index (χ0v) is 10.0. The molecule has 1 heterocycles. The normalized spacial score (nSPS) is 19.7. The summed E-state index contributed by atoms with van der Waals surface area (Å²) in [5.74, 6) is 0. The Hall–Kier alpha value is -0.170. The average molecular weight is 236 g/mol. The van der Waals surface area contributed by atoms with Crippen LogP contribution in [-0.2, 0) is 10.2 Å². The van der Waals surface area contributed by atoms with Crippen molar-refractivity contribution in [2.24, 2.45) is 0 Å². The van der Waals surface area contributed by atoms with Gasteiger partial charge in [-0.2, -0.15) is 17.0 Å². The van der Waals surface area contributed by atoms with Gasteiger partial charge >= 0.3 is 0 Å². The number of piperidine rings is 1. The van der Waals surface area contributed by atoms with Gasteiger partial charge < -0.3 is 5.11 Å². The Morgan fingerprint density at radius 1 is 1.27 bits per heavy atom. The van der Waals surface area contributed by atoms with Crippen molar-refractivity contribution in [1.82, 2.24) is 8.61 Å². The largest absolute Gasteiger partial charge is 0.395 e. The second-order valence-corrected chi connectivity index (χ2v) is 5.61. The SMILES string of the molecule is CCN(CCO)S(=O)(=O)N1CCCCC1. The Balaban J connectivity index is 2.69. The second-order valence-electron chi connectivity index (χ2n) is 3.68. The summed E-state index contributed by atoms with van der Waals surface area (Å²) in [5.41, 5.74) is 0. The van der Waals surface area contributed by atoms with Crippen LogP contribution < -0.4 is 0 Å². The molecule has 0 aromatic rings. The molecule has 5 nitrogen and oxygen atoms in total. The first-order chi connectivity index (χ1) is 7.12. The highest BCUT2D eigenvalue weighted by molar-refractivity contribution is 7.86. The van der Waals surface area contributed by atoms with Gasteiger partial charge in [0.25, 0.3) is 10.2 Å². The molecule has 0 aromatic carbocycles. The number of rotatable bonds is 5. The molecule has 0 spiro atoms. The molecule has 0 unspecified atom stereocenters. The molecule has 1 saturated heterocycles. The molecule has 6 heteroatoms. The molecular formula is C9H20N2O3S. The highest BCUT2D eigenvalue weighted by Crippen LogP contribution is 2.15. The standard InChI is InChI=1S/C9H20N2O3S/c1-2-10(8-9-12)15(13,14)11-6-4-3-5-7-11/h12H,2-9H2,1H3. The van der Waals surface area contributed by atoms with E-state index in [-0.39, 0.29) is 13.2 Å². The second kappa shape index (κ2) is 5.79. The Kier molecular flexibility index (Phi) is 4.98. The number of hydrogen-bond acceptors (Lipinski definition) is 3. The summed E-state index contributed by atoms with van der Waals surface area (Å²) in [5, 5.41) is 8.80. The number of aliphatic hydroxyl groups excluding tert-OH is 1. The van der Waals surface area contributed by atoms with Crippen molar-refractivity contribution in [1.29, 1.82) is 0 Å². The molecule has 1 aliphatic heterocycles. The molecule has 1 fully saturated rings. The van der Waals surface area contributed by atoms with Gasteiger partial charge in [-0.1, -0.05) is 13.3 Å². The maximum atomic E-state index is 12.0. The van der Waals surface area contributed by atoms with Gasteiger partial charge in [0.2, 0.25) is 0 Å². The van der Waals surface area contributed by atoms with Crippen LogP contribution in [0.3, 0.4) is 0 Å². The van der Waals surface area contributed by atoms with Gasteiger partial charge in [-0.3, -0.25) is 0 Å². The van der Waals surface area contributed by atoms with Gasteiger partial charge in [-0.25, -0.2) is 0 Å². The van der Waals surface area contributed by atoms with Crippen molar-refractivity contribution < 1.29 is 13.5 Å². The van der Waals surface area contributed by atoms with Crippen molar-refractivity contribution in [3.05, 3.63) is 0 Å². The summed E-state index contributed by atoms with van der Waals surface area (Å²) < 4.78 is 27.0. The van der Waals surface area contributed by atoms with Crippen molar-refractivity contribution in [3.8, 4) is 0 Å². The third-order valence-corrected chi connectivity index (χ3v) is 4.78. The van der Waals surface area contributed by atoms with Gasteiger partial charge in [-0.15, -0.1) is 0 Å². The molecule has 0 saturated carbocycles. The van der Waals surface area contributed by atoms with Crippen molar-refractivity contribution in [2.75, 3.05) is 32.8 Å².